The molecule has 3 aliphatic rings. The maximum absolute atomic E-state index is 5.68. The molecule has 3 fully saturated rings. The topological polar surface area (TPSA) is 35.2 Å². The first-order chi connectivity index (χ1) is 4.74. The Morgan fingerprint density at radius 3 is 2.50 bits per heavy atom. The molecule has 10 heavy (non-hydrogen) atoms. The van der Waals surface area contributed by atoms with Gasteiger partial charge < -0.3 is 10.5 Å². The van der Waals surface area contributed by atoms with Crippen LogP contribution in [0.5, 0.6) is 0 Å². The van der Waals surface area contributed by atoms with Gasteiger partial charge in [-0.2, -0.15) is 0 Å². The smallest absolute Gasteiger partial charge is 0.0693 e. The van der Waals surface area contributed by atoms with Gasteiger partial charge in [0.2, 0.25) is 0 Å². The molecule has 0 aromatic carbocycles. The largest absolute Gasteiger partial charge is 0.374 e. The van der Waals surface area contributed by atoms with Gasteiger partial charge in [-0.3, -0.25) is 0 Å². The van der Waals surface area contributed by atoms with E-state index in [1.165, 1.54) is 12.8 Å². The van der Waals surface area contributed by atoms with E-state index in [0.717, 1.165) is 19.6 Å². The molecule has 58 valence electrons. The summed E-state index contributed by atoms with van der Waals surface area (Å²) >= 11 is 0. The van der Waals surface area contributed by atoms with Crippen LogP contribution < -0.4 is 5.73 Å². The highest BCUT2D eigenvalue weighted by atomic mass is 16.5. The van der Waals surface area contributed by atoms with Crippen LogP contribution in [0.4, 0.5) is 0 Å². The fourth-order valence-corrected chi connectivity index (χ4v) is 2.38. The molecule has 2 heterocycles. The molecule has 0 aromatic rings. The van der Waals surface area contributed by atoms with Crippen LogP contribution in [0.3, 0.4) is 0 Å². The summed E-state index contributed by atoms with van der Waals surface area (Å²) < 4.78 is 5.68. The van der Waals surface area contributed by atoms with Crippen molar-refractivity contribution in [2.75, 3.05) is 13.2 Å². The zero-order valence-electron chi connectivity index (χ0n) is 6.52. The van der Waals surface area contributed by atoms with Gasteiger partial charge in [0.1, 0.15) is 0 Å². The molecule has 2 heteroatoms. The van der Waals surface area contributed by atoms with Gasteiger partial charge in [-0.25, -0.2) is 0 Å². The standard InChI is InChI=1S/C8H15NO/c1-2-8-3-7(4-8,5-9)6-10-8/h2-6,9H2,1H3. The van der Waals surface area contributed by atoms with E-state index in [2.05, 4.69) is 6.92 Å². The highest BCUT2D eigenvalue weighted by Crippen LogP contribution is 2.58. The Morgan fingerprint density at radius 1 is 1.50 bits per heavy atom. The minimum atomic E-state index is 0.263. The van der Waals surface area contributed by atoms with Crippen LogP contribution in [0.2, 0.25) is 0 Å². The fourth-order valence-electron chi connectivity index (χ4n) is 2.38. The average molecular weight is 141 g/mol. The Labute approximate surface area is 61.7 Å². The van der Waals surface area contributed by atoms with E-state index in [-0.39, 0.29) is 5.60 Å². The van der Waals surface area contributed by atoms with Crippen LogP contribution in [0.25, 0.3) is 0 Å². The van der Waals surface area contributed by atoms with Gasteiger partial charge in [0.15, 0.2) is 0 Å². The van der Waals surface area contributed by atoms with E-state index in [1.807, 2.05) is 0 Å². The van der Waals surface area contributed by atoms with Crippen molar-refractivity contribution in [3.63, 3.8) is 0 Å². The zero-order chi connectivity index (χ0) is 7.24. The third kappa shape index (κ3) is 0.611. The van der Waals surface area contributed by atoms with E-state index in [9.17, 15) is 0 Å². The van der Waals surface area contributed by atoms with Gasteiger partial charge in [-0.15, -0.1) is 0 Å². The molecule has 2 aliphatic heterocycles. The highest BCUT2D eigenvalue weighted by Gasteiger charge is 2.60. The molecular formula is C8H15NO. The molecule has 2 saturated heterocycles. The zero-order valence-corrected chi connectivity index (χ0v) is 6.52. The number of hydrogen-bond acceptors (Lipinski definition) is 2. The third-order valence-electron chi connectivity index (χ3n) is 3.16. The van der Waals surface area contributed by atoms with E-state index in [4.69, 9.17) is 10.5 Å². The number of rotatable bonds is 2. The third-order valence-corrected chi connectivity index (χ3v) is 3.16. The molecule has 0 atom stereocenters. The summed E-state index contributed by atoms with van der Waals surface area (Å²) in [6.07, 6.45) is 3.59. The van der Waals surface area contributed by atoms with E-state index in [0.29, 0.717) is 5.41 Å². The summed E-state index contributed by atoms with van der Waals surface area (Å²) in [5.74, 6) is 0. The second kappa shape index (κ2) is 1.74. The first-order valence-corrected chi connectivity index (χ1v) is 4.08. The number of ether oxygens (including phenoxy) is 1. The quantitative estimate of drug-likeness (QED) is 0.620. The van der Waals surface area contributed by atoms with Gasteiger partial charge in [0, 0.05) is 12.0 Å². The molecule has 0 amide bonds. The monoisotopic (exact) mass is 141 g/mol. The second-order valence-corrected chi connectivity index (χ2v) is 3.88. The maximum atomic E-state index is 5.68. The van der Waals surface area contributed by atoms with Crippen molar-refractivity contribution in [2.24, 2.45) is 11.1 Å². The van der Waals surface area contributed by atoms with Crippen LogP contribution in [-0.4, -0.2) is 18.8 Å². The fraction of sp³-hybridized carbons (Fsp3) is 1.00. The van der Waals surface area contributed by atoms with E-state index in [1.54, 1.807) is 0 Å². The van der Waals surface area contributed by atoms with Crippen molar-refractivity contribution < 1.29 is 4.74 Å². The van der Waals surface area contributed by atoms with Crippen molar-refractivity contribution >= 4 is 0 Å². The summed E-state index contributed by atoms with van der Waals surface area (Å²) in [6.45, 7) is 3.93. The Balaban J connectivity index is 2.06. The van der Waals surface area contributed by atoms with Crippen molar-refractivity contribution in [3.8, 4) is 0 Å². The van der Waals surface area contributed by atoms with Crippen LogP contribution >= 0.6 is 0 Å². The van der Waals surface area contributed by atoms with Crippen LogP contribution in [-0.2, 0) is 4.74 Å². The lowest BCUT2D eigenvalue weighted by Gasteiger charge is -2.43. The summed E-state index contributed by atoms with van der Waals surface area (Å²) in [5.41, 5.74) is 6.30. The average Bonchev–Trinajstić information content (AvgIpc) is 2.40. The minimum Gasteiger partial charge on any atom is -0.374 e. The number of hydrogen-bond donors (Lipinski definition) is 1. The highest BCUT2D eigenvalue weighted by molar-refractivity contribution is 5.10. The van der Waals surface area contributed by atoms with Crippen molar-refractivity contribution in [1.29, 1.82) is 0 Å². The Morgan fingerprint density at radius 2 is 2.20 bits per heavy atom. The van der Waals surface area contributed by atoms with Crippen LogP contribution in [0.1, 0.15) is 26.2 Å². The summed E-state index contributed by atoms with van der Waals surface area (Å²) in [4.78, 5) is 0. The normalized spacial score (nSPS) is 51.0. The molecule has 0 unspecified atom stereocenters. The summed E-state index contributed by atoms with van der Waals surface area (Å²) in [7, 11) is 0. The molecular weight excluding hydrogens is 126 g/mol. The molecule has 1 aliphatic carbocycles. The molecule has 0 aromatic heterocycles. The Hall–Kier alpha value is -0.0800. The lowest BCUT2D eigenvalue weighted by molar-refractivity contribution is -0.0163. The van der Waals surface area contributed by atoms with Gasteiger partial charge in [0.05, 0.1) is 12.2 Å². The lowest BCUT2D eigenvalue weighted by Crippen LogP contribution is -2.47. The second-order valence-electron chi connectivity index (χ2n) is 3.88. The minimum absolute atomic E-state index is 0.263. The van der Waals surface area contributed by atoms with Gasteiger partial charge in [-0.1, -0.05) is 6.92 Å². The number of fused-ring (bicyclic) bond motifs is 1. The van der Waals surface area contributed by atoms with E-state index >= 15 is 0 Å². The van der Waals surface area contributed by atoms with E-state index < -0.39 is 0 Å². The lowest BCUT2D eigenvalue weighted by atomic mass is 9.62. The molecule has 2 bridgehead atoms. The Bertz CT molecular complexity index is 133. The van der Waals surface area contributed by atoms with Crippen molar-refractivity contribution in [1.82, 2.24) is 0 Å². The van der Waals surface area contributed by atoms with Crippen molar-refractivity contribution in [3.05, 3.63) is 0 Å². The first-order valence-electron chi connectivity index (χ1n) is 4.08. The first kappa shape index (κ1) is 6.62. The molecule has 0 spiro atoms. The maximum Gasteiger partial charge on any atom is 0.0693 e. The molecule has 2 N–H and O–H groups in total. The van der Waals surface area contributed by atoms with Gasteiger partial charge in [-0.05, 0) is 19.3 Å². The van der Waals surface area contributed by atoms with Crippen molar-refractivity contribution in [2.45, 2.75) is 31.8 Å². The Kier molecular flexibility index (Phi) is 1.15. The predicted molar refractivity (Wildman–Crippen MR) is 39.7 cm³/mol. The van der Waals surface area contributed by atoms with Crippen LogP contribution in [0.15, 0.2) is 0 Å². The molecule has 2 nitrogen and oxygen atoms in total. The molecule has 1 saturated carbocycles. The SMILES string of the molecule is CCC12CC(CN)(CO1)C2. The molecule has 3 rings (SSSR count). The van der Waals surface area contributed by atoms with Crippen LogP contribution in [0, 0.1) is 5.41 Å². The summed E-state index contributed by atoms with van der Waals surface area (Å²) in [6, 6.07) is 0. The van der Waals surface area contributed by atoms with Gasteiger partial charge in [0.25, 0.3) is 0 Å². The number of nitrogens with two attached hydrogens (primary N) is 1. The van der Waals surface area contributed by atoms with Gasteiger partial charge >= 0.3 is 0 Å². The molecule has 0 radical (unpaired) electrons. The summed E-state index contributed by atoms with van der Waals surface area (Å²) in [5, 5.41) is 0. The predicted octanol–water partition coefficient (Wildman–Crippen LogP) is 0.904.